The molecule has 0 unspecified atom stereocenters. The number of hydrogen-bond acceptors (Lipinski definition) is 1. The molecule has 0 saturated heterocycles. The van der Waals surface area contributed by atoms with Crippen LogP contribution >= 0.6 is 15.9 Å². The van der Waals surface area contributed by atoms with Crippen LogP contribution in [0, 0.1) is 5.82 Å². The Labute approximate surface area is 120 Å². The quantitative estimate of drug-likeness (QED) is 0.799. The minimum Gasteiger partial charge on any atom is -0.488 e. The Kier molecular flexibility index (Phi) is 3.56. The van der Waals surface area contributed by atoms with Gasteiger partial charge in [0.15, 0.2) is 0 Å². The SMILES string of the molecule is Fc1ccc(OCc2ccc3c(c2)CCC3)c(Br)c1. The Morgan fingerprint density at radius 3 is 2.74 bits per heavy atom. The lowest BCUT2D eigenvalue weighted by molar-refractivity contribution is 0.303. The van der Waals surface area contributed by atoms with Crippen molar-refractivity contribution in [3.05, 3.63) is 63.4 Å². The van der Waals surface area contributed by atoms with Gasteiger partial charge in [0.25, 0.3) is 0 Å². The van der Waals surface area contributed by atoms with E-state index in [0.717, 1.165) is 5.56 Å². The molecule has 98 valence electrons. The highest BCUT2D eigenvalue weighted by Crippen LogP contribution is 2.27. The summed E-state index contributed by atoms with van der Waals surface area (Å²) in [5.74, 6) is 0.402. The fraction of sp³-hybridized carbons (Fsp3) is 0.250. The molecule has 1 aliphatic carbocycles. The van der Waals surface area contributed by atoms with Crippen molar-refractivity contribution >= 4 is 15.9 Å². The predicted octanol–water partition coefficient (Wildman–Crippen LogP) is 4.66. The summed E-state index contributed by atoms with van der Waals surface area (Å²) in [6, 6.07) is 11.0. The van der Waals surface area contributed by atoms with Crippen LogP contribution in [-0.4, -0.2) is 0 Å². The molecule has 0 saturated carbocycles. The molecule has 2 aromatic carbocycles. The van der Waals surface area contributed by atoms with Crippen LogP contribution in [0.15, 0.2) is 40.9 Å². The lowest BCUT2D eigenvalue weighted by Gasteiger charge is -2.09. The summed E-state index contributed by atoms with van der Waals surface area (Å²) in [6.45, 7) is 0.511. The number of hydrogen-bond donors (Lipinski definition) is 0. The Balaban J connectivity index is 1.72. The minimum atomic E-state index is -0.267. The predicted molar refractivity (Wildman–Crippen MR) is 76.9 cm³/mol. The van der Waals surface area contributed by atoms with Crippen LogP contribution < -0.4 is 4.74 Å². The second-order valence-corrected chi connectivity index (χ2v) is 5.67. The lowest BCUT2D eigenvalue weighted by atomic mass is 10.1. The molecular weight excluding hydrogens is 307 g/mol. The number of fused-ring (bicyclic) bond motifs is 1. The van der Waals surface area contributed by atoms with Gasteiger partial charge in [-0.15, -0.1) is 0 Å². The molecule has 0 atom stereocenters. The number of aryl methyl sites for hydroxylation is 2. The fourth-order valence-corrected chi connectivity index (χ4v) is 2.93. The van der Waals surface area contributed by atoms with Crippen molar-refractivity contribution in [2.45, 2.75) is 25.9 Å². The highest BCUT2D eigenvalue weighted by molar-refractivity contribution is 9.10. The van der Waals surface area contributed by atoms with Crippen LogP contribution in [0.25, 0.3) is 0 Å². The molecule has 0 fully saturated rings. The Hall–Kier alpha value is -1.35. The van der Waals surface area contributed by atoms with E-state index in [1.165, 1.54) is 42.5 Å². The van der Waals surface area contributed by atoms with E-state index in [0.29, 0.717) is 16.8 Å². The third-order valence-electron chi connectivity index (χ3n) is 3.45. The molecule has 0 N–H and O–H groups in total. The van der Waals surface area contributed by atoms with Gasteiger partial charge in [0.05, 0.1) is 4.47 Å². The molecule has 0 heterocycles. The smallest absolute Gasteiger partial charge is 0.134 e. The number of rotatable bonds is 3. The summed E-state index contributed by atoms with van der Waals surface area (Å²) in [5, 5.41) is 0. The molecule has 0 spiro atoms. The van der Waals surface area contributed by atoms with Gasteiger partial charge in [0.1, 0.15) is 18.2 Å². The first-order valence-electron chi connectivity index (χ1n) is 6.41. The van der Waals surface area contributed by atoms with Gasteiger partial charge in [0, 0.05) is 0 Å². The van der Waals surface area contributed by atoms with E-state index in [1.54, 1.807) is 6.07 Å². The van der Waals surface area contributed by atoms with E-state index < -0.39 is 0 Å². The maximum absolute atomic E-state index is 13.0. The summed E-state index contributed by atoms with van der Waals surface area (Å²) < 4.78 is 19.3. The van der Waals surface area contributed by atoms with E-state index >= 15 is 0 Å². The average Bonchev–Trinajstić information content (AvgIpc) is 2.85. The Morgan fingerprint density at radius 1 is 1.05 bits per heavy atom. The van der Waals surface area contributed by atoms with Gasteiger partial charge in [-0.25, -0.2) is 4.39 Å². The summed E-state index contributed by atoms with van der Waals surface area (Å²) in [4.78, 5) is 0. The van der Waals surface area contributed by atoms with Gasteiger partial charge in [-0.1, -0.05) is 18.2 Å². The maximum atomic E-state index is 13.0. The average molecular weight is 321 g/mol. The van der Waals surface area contributed by atoms with Crippen molar-refractivity contribution in [2.75, 3.05) is 0 Å². The van der Waals surface area contributed by atoms with Crippen molar-refractivity contribution in [1.29, 1.82) is 0 Å². The van der Waals surface area contributed by atoms with Crippen molar-refractivity contribution < 1.29 is 9.13 Å². The van der Waals surface area contributed by atoms with E-state index in [1.807, 2.05) is 0 Å². The molecule has 3 rings (SSSR count). The van der Waals surface area contributed by atoms with Crippen molar-refractivity contribution in [3.8, 4) is 5.75 Å². The van der Waals surface area contributed by atoms with E-state index in [2.05, 4.69) is 34.1 Å². The Morgan fingerprint density at radius 2 is 1.89 bits per heavy atom. The summed E-state index contributed by atoms with van der Waals surface area (Å²) >= 11 is 3.31. The standard InChI is InChI=1S/C16H14BrFO/c17-15-9-14(18)6-7-16(15)19-10-11-4-5-12-2-1-3-13(12)8-11/h4-9H,1-3,10H2. The molecular formula is C16H14BrFO. The largest absolute Gasteiger partial charge is 0.488 e. The zero-order chi connectivity index (χ0) is 13.2. The molecule has 2 aromatic rings. The molecule has 0 bridgehead atoms. The molecule has 1 aliphatic rings. The summed E-state index contributed by atoms with van der Waals surface area (Å²) in [5.41, 5.74) is 4.07. The van der Waals surface area contributed by atoms with Crippen LogP contribution in [0.3, 0.4) is 0 Å². The number of halogens is 2. The van der Waals surface area contributed by atoms with Crippen molar-refractivity contribution in [2.24, 2.45) is 0 Å². The highest BCUT2D eigenvalue weighted by Gasteiger charge is 2.11. The van der Waals surface area contributed by atoms with Crippen LogP contribution in [-0.2, 0) is 19.4 Å². The van der Waals surface area contributed by atoms with Gasteiger partial charge in [-0.05, 0) is 70.1 Å². The van der Waals surface area contributed by atoms with Gasteiger partial charge in [0.2, 0.25) is 0 Å². The fourth-order valence-electron chi connectivity index (χ4n) is 2.47. The molecule has 19 heavy (non-hydrogen) atoms. The molecule has 0 radical (unpaired) electrons. The summed E-state index contributed by atoms with van der Waals surface area (Å²) in [7, 11) is 0. The number of ether oxygens (including phenoxy) is 1. The lowest BCUT2D eigenvalue weighted by Crippen LogP contribution is -1.97. The zero-order valence-corrected chi connectivity index (χ0v) is 12.0. The van der Waals surface area contributed by atoms with Crippen LogP contribution in [0.1, 0.15) is 23.1 Å². The van der Waals surface area contributed by atoms with Gasteiger partial charge >= 0.3 is 0 Å². The monoisotopic (exact) mass is 320 g/mol. The number of benzene rings is 2. The molecule has 0 aliphatic heterocycles. The first-order chi connectivity index (χ1) is 9.22. The first kappa shape index (κ1) is 12.7. The van der Waals surface area contributed by atoms with Gasteiger partial charge < -0.3 is 4.74 Å². The minimum absolute atomic E-state index is 0.267. The molecule has 3 heteroatoms. The summed E-state index contributed by atoms with van der Waals surface area (Å²) in [6.07, 6.45) is 3.62. The van der Waals surface area contributed by atoms with Gasteiger partial charge in [-0.2, -0.15) is 0 Å². The van der Waals surface area contributed by atoms with E-state index in [4.69, 9.17) is 4.74 Å². The molecule has 1 nitrogen and oxygen atoms in total. The van der Waals surface area contributed by atoms with Crippen molar-refractivity contribution in [1.82, 2.24) is 0 Å². The first-order valence-corrected chi connectivity index (χ1v) is 7.20. The molecule has 0 amide bonds. The third-order valence-corrected chi connectivity index (χ3v) is 4.07. The van der Waals surface area contributed by atoms with Crippen molar-refractivity contribution in [3.63, 3.8) is 0 Å². The highest BCUT2D eigenvalue weighted by atomic mass is 79.9. The normalized spacial score (nSPS) is 13.4. The topological polar surface area (TPSA) is 9.23 Å². The third kappa shape index (κ3) is 2.81. The van der Waals surface area contributed by atoms with Gasteiger partial charge in [-0.3, -0.25) is 0 Å². The van der Waals surface area contributed by atoms with E-state index in [9.17, 15) is 4.39 Å². The second-order valence-electron chi connectivity index (χ2n) is 4.82. The molecule has 0 aromatic heterocycles. The van der Waals surface area contributed by atoms with Crippen LogP contribution in [0.5, 0.6) is 5.75 Å². The van der Waals surface area contributed by atoms with Crippen LogP contribution in [0.4, 0.5) is 4.39 Å². The van der Waals surface area contributed by atoms with Crippen LogP contribution in [0.2, 0.25) is 0 Å². The maximum Gasteiger partial charge on any atom is 0.134 e. The second kappa shape index (κ2) is 5.33. The van der Waals surface area contributed by atoms with E-state index in [-0.39, 0.29) is 5.82 Å². The Bertz CT molecular complexity index is 610. The zero-order valence-electron chi connectivity index (χ0n) is 10.5.